The van der Waals surface area contributed by atoms with E-state index in [4.69, 9.17) is 9.47 Å². The van der Waals surface area contributed by atoms with Crippen molar-refractivity contribution in [1.82, 2.24) is 10.2 Å². The van der Waals surface area contributed by atoms with Crippen LogP contribution in [0.1, 0.15) is 23.6 Å². The Morgan fingerprint density at radius 2 is 1.67 bits per heavy atom. The number of nitrogens with zero attached hydrogens (tertiary/aromatic N) is 1. The number of carbonyl (C=O) groups is 2. The van der Waals surface area contributed by atoms with E-state index < -0.39 is 0 Å². The highest BCUT2D eigenvalue weighted by Gasteiger charge is 2.13. The van der Waals surface area contributed by atoms with Crippen molar-refractivity contribution in [3.63, 3.8) is 0 Å². The first kappa shape index (κ1) is 23.2. The Kier molecular flexibility index (Phi) is 8.68. The van der Waals surface area contributed by atoms with Gasteiger partial charge in [-0.2, -0.15) is 0 Å². The summed E-state index contributed by atoms with van der Waals surface area (Å²) in [5.74, 6) is 0.868. The third-order valence-electron chi connectivity index (χ3n) is 4.81. The summed E-state index contributed by atoms with van der Waals surface area (Å²) >= 11 is 0. The fourth-order valence-electron chi connectivity index (χ4n) is 3.16. The van der Waals surface area contributed by atoms with E-state index in [1.54, 1.807) is 14.2 Å². The Labute approximate surface area is 178 Å². The molecule has 2 aromatic carbocycles. The zero-order chi connectivity index (χ0) is 22.1. The van der Waals surface area contributed by atoms with Crippen molar-refractivity contribution in [2.75, 3.05) is 39.7 Å². The second kappa shape index (κ2) is 11.2. The molecule has 7 nitrogen and oxygen atoms in total. The lowest BCUT2D eigenvalue weighted by Crippen LogP contribution is -2.39. The monoisotopic (exact) mass is 413 g/mol. The number of methoxy groups -OCH3 is 2. The Balaban J connectivity index is 1.85. The smallest absolute Gasteiger partial charge is 0.243 e. The molecule has 30 heavy (non-hydrogen) atoms. The van der Waals surface area contributed by atoms with Gasteiger partial charge in [0.05, 0.1) is 27.3 Å². The van der Waals surface area contributed by atoms with Crippen LogP contribution in [0.25, 0.3) is 0 Å². The summed E-state index contributed by atoms with van der Waals surface area (Å²) in [7, 11) is 5.05. The van der Waals surface area contributed by atoms with Gasteiger partial charge in [0.1, 0.15) is 0 Å². The largest absolute Gasteiger partial charge is 0.493 e. The van der Waals surface area contributed by atoms with Crippen LogP contribution in [-0.4, -0.2) is 51.1 Å². The molecule has 0 aliphatic carbocycles. The van der Waals surface area contributed by atoms with E-state index in [0.29, 0.717) is 18.0 Å². The van der Waals surface area contributed by atoms with Gasteiger partial charge in [-0.3, -0.25) is 14.5 Å². The van der Waals surface area contributed by atoms with Gasteiger partial charge in [-0.05, 0) is 55.3 Å². The van der Waals surface area contributed by atoms with Crippen LogP contribution in [0.2, 0.25) is 0 Å². The van der Waals surface area contributed by atoms with Gasteiger partial charge in [-0.15, -0.1) is 0 Å². The summed E-state index contributed by atoms with van der Waals surface area (Å²) in [5, 5.41) is 5.52. The normalized spacial score (nSPS) is 10.6. The number of carbonyl (C=O) groups excluding carboxylic acids is 2. The lowest BCUT2D eigenvalue weighted by molar-refractivity contribution is -0.124. The predicted molar refractivity (Wildman–Crippen MR) is 118 cm³/mol. The molecule has 0 bridgehead atoms. The Hall–Kier alpha value is -3.06. The van der Waals surface area contributed by atoms with Crippen LogP contribution in [0, 0.1) is 6.92 Å². The highest BCUT2D eigenvalue weighted by Crippen LogP contribution is 2.30. The second-order valence-electron chi connectivity index (χ2n) is 7.14. The molecule has 2 amide bonds. The molecule has 0 aromatic heterocycles. The van der Waals surface area contributed by atoms with Crippen molar-refractivity contribution in [1.29, 1.82) is 0 Å². The van der Waals surface area contributed by atoms with Crippen molar-refractivity contribution >= 4 is 17.5 Å². The van der Waals surface area contributed by atoms with Gasteiger partial charge in [0, 0.05) is 12.2 Å². The maximum Gasteiger partial charge on any atom is 0.243 e. The highest BCUT2D eigenvalue weighted by molar-refractivity contribution is 5.95. The standard InChI is InChI=1S/C23H31N3O4/c1-6-17-9-7-8-10-19(17)25-22(27)13-24-23(28)15-26(3)14-18-12-21(30-5)20(29-4)11-16(18)2/h7-12H,6,13-15H2,1-5H3,(H,24,28)(H,25,27). The minimum Gasteiger partial charge on any atom is -0.493 e. The third-order valence-corrected chi connectivity index (χ3v) is 4.81. The number of hydrogen-bond acceptors (Lipinski definition) is 5. The summed E-state index contributed by atoms with van der Waals surface area (Å²) in [5.41, 5.74) is 3.92. The average molecular weight is 414 g/mol. The van der Waals surface area contributed by atoms with Crippen molar-refractivity contribution in [2.45, 2.75) is 26.8 Å². The molecule has 0 heterocycles. The quantitative estimate of drug-likeness (QED) is 0.626. The van der Waals surface area contributed by atoms with Gasteiger partial charge >= 0.3 is 0 Å². The highest BCUT2D eigenvalue weighted by atomic mass is 16.5. The maximum absolute atomic E-state index is 12.3. The number of benzene rings is 2. The first-order valence-electron chi connectivity index (χ1n) is 9.92. The van der Waals surface area contributed by atoms with Crippen LogP contribution >= 0.6 is 0 Å². The Morgan fingerprint density at radius 3 is 2.33 bits per heavy atom. The molecule has 0 spiro atoms. The van der Waals surface area contributed by atoms with Crippen LogP contribution in [0.5, 0.6) is 11.5 Å². The SMILES string of the molecule is CCc1ccccc1NC(=O)CNC(=O)CN(C)Cc1cc(OC)c(OC)cc1C. The van der Waals surface area contributed by atoms with Gasteiger partial charge in [0.25, 0.3) is 0 Å². The average Bonchev–Trinajstić information content (AvgIpc) is 2.73. The van der Waals surface area contributed by atoms with E-state index in [1.807, 2.05) is 62.2 Å². The molecule has 0 atom stereocenters. The van der Waals surface area contributed by atoms with Gasteiger partial charge < -0.3 is 20.1 Å². The van der Waals surface area contributed by atoms with Crippen LogP contribution in [0.4, 0.5) is 5.69 Å². The first-order chi connectivity index (χ1) is 14.4. The summed E-state index contributed by atoms with van der Waals surface area (Å²) in [6, 6.07) is 11.5. The molecule has 0 aliphatic heterocycles. The molecular weight excluding hydrogens is 382 g/mol. The summed E-state index contributed by atoms with van der Waals surface area (Å²) in [6.45, 7) is 4.69. The lowest BCUT2D eigenvalue weighted by Gasteiger charge is -2.19. The second-order valence-corrected chi connectivity index (χ2v) is 7.14. The van der Waals surface area contributed by atoms with Gasteiger partial charge in [0.2, 0.25) is 11.8 Å². The number of hydrogen-bond donors (Lipinski definition) is 2. The van der Waals surface area contributed by atoms with Crippen LogP contribution < -0.4 is 20.1 Å². The Bertz CT molecular complexity index is 883. The van der Waals surface area contributed by atoms with Crippen LogP contribution in [-0.2, 0) is 22.6 Å². The number of amides is 2. The van der Waals surface area contributed by atoms with Gasteiger partial charge in [-0.1, -0.05) is 25.1 Å². The molecule has 0 radical (unpaired) electrons. The van der Waals surface area contributed by atoms with Crippen molar-refractivity contribution in [3.8, 4) is 11.5 Å². The van der Waals surface area contributed by atoms with E-state index in [-0.39, 0.29) is 24.9 Å². The number of ether oxygens (including phenoxy) is 2. The topological polar surface area (TPSA) is 79.9 Å². The molecule has 0 unspecified atom stereocenters. The fourth-order valence-corrected chi connectivity index (χ4v) is 3.16. The zero-order valence-electron chi connectivity index (χ0n) is 18.4. The summed E-state index contributed by atoms with van der Waals surface area (Å²) in [4.78, 5) is 26.3. The van der Waals surface area contributed by atoms with Crippen LogP contribution in [0.15, 0.2) is 36.4 Å². The zero-order valence-corrected chi connectivity index (χ0v) is 18.4. The van der Waals surface area contributed by atoms with E-state index in [2.05, 4.69) is 10.6 Å². The number of nitrogens with one attached hydrogen (secondary N) is 2. The van der Waals surface area contributed by atoms with Crippen LogP contribution in [0.3, 0.4) is 0 Å². The number of para-hydroxylation sites is 1. The Morgan fingerprint density at radius 1 is 1.00 bits per heavy atom. The molecule has 0 saturated heterocycles. The number of aryl methyl sites for hydroxylation is 2. The molecule has 2 N–H and O–H groups in total. The molecule has 0 aliphatic rings. The number of anilines is 1. The van der Waals surface area contributed by atoms with Gasteiger partial charge in [-0.25, -0.2) is 0 Å². The van der Waals surface area contributed by atoms with Gasteiger partial charge in [0.15, 0.2) is 11.5 Å². The maximum atomic E-state index is 12.3. The van der Waals surface area contributed by atoms with Crippen molar-refractivity contribution in [2.24, 2.45) is 0 Å². The molecule has 2 aromatic rings. The summed E-state index contributed by atoms with van der Waals surface area (Å²) < 4.78 is 10.7. The third kappa shape index (κ3) is 6.49. The van der Waals surface area contributed by atoms with E-state index in [0.717, 1.165) is 28.8 Å². The molecule has 2 rings (SSSR count). The first-order valence-corrected chi connectivity index (χ1v) is 9.92. The van der Waals surface area contributed by atoms with Crippen molar-refractivity contribution < 1.29 is 19.1 Å². The number of rotatable bonds is 10. The lowest BCUT2D eigenvalue weighted by atomic mass is 10.1. The molecule has 0 saturated carbocycles. The van der Waals surface area contributed by atoms with E-state index in [9.17, 15) is 9.59 Å². The molecular formula is C23H31N3O4. The fraction of sp³-hybridized carbons (Fsp3) is 0.391. The number of likely N-dealkylation sites (N-methyl/N-ethyl adjacent to an activating group) is 1. The van der Waals surface area contributed by atoms with E-state index >= 15 is 0 Å². The molecule has 0 fully saturated rings. The van der Waals surface area contributed by atoms with Crippen molar-refractivity contribution in [3.05, 3.63) is 53.1 Å². The minimum atomic E-state index is -0.248. The summed E-state index contributed by atoms with van der Waals surface area (Å²) in [6.07, 6.45) is 0.823. The minimum absolute atomic E-state index is 0.0693. The molecule has 162 valence electrons. The van der Waals surface area contributed by atoms with E-state index in [1.165, 1.54) is 0 Å². The molecule has 7 heteroatoms. The predicted octanol–water partition coefficient (Wildman–Crippen LogP) is 2.76.